The molecule has 3 atom stereocenters. The lowest BCUT2D eigenvalue weighted by Gasteiger charge is -2.28. The molecule has 1 saturated carbocycles. The molecule has 0 heterocycles. The van der Waals surface area contributed by atoms with Crippen molar-refractivity contribution < 1.29 is 9.59 Å². The van der Waals surface area contributed by atoms with E-state index in [2.05, 4.69) is 5.32 Å². The highest BCUT2D eigenvalue weighted by molar-refractivity contribution is 5.83. The minimum Gasteiger partial charge on any atom is -0.369 e. The zero-order chi connectivity index (χ0) is 15.4. The van der Waals surface area contributed by atoms with Gasteiger partial charge in [-0.2, -0.15) is 0 Å². The molecule has 114 valence electrons. The highest BCUT2D eigenvalue weighted by Gasteiger charge is 2.28. The molecule has 1 fully saturated rings. The second kappa shape index (κ2) is 6.72. The van der Waals surface area contributed by atoms with E-state index < -0.39 is 6.04 Å². The predicted octanol–water partition coefficient (Wildman–Crippen LogP) is 1.16. The lowest BCUT2D eigenvalue weighted by atomic mass is 9.85. The second-order valence-corrected chi connectivity index (χ2v) is 5.86. The zero-order valence-corrected chi connectivity index (χ0v) is 12.3. The van der Waals surface area contributed by atoms with Crippen LogP contribution >= 0.6 is 0 Å². The van der Waals surface area contributed by atoms with Gasteiger partial charge in [-0.25, -0.2) is 0 Å². The van der Waals surface area contributed by atoms with Crippen molar-refractivity contribution in [1.82, 2.24) is 5.32 Å². The normalized spacial score (nSPS) is 23.3. The lowest BCUT2D eigenvalue weighted by molar-refractivity contribution is -0.126. The number of rotatable bonds is 4. The van der Waals surface area contributed by atoms with Crippen molar-refractivity contribution >= 4 is 11.8 Å². The van der Waals surface area contributed by atoms with Gasteiger partial charge in [-0.05, 0) is 31.7 Å². The molecule has 0 radical (unpaired) electrons. The largest absolute Gasteiger partial charge is 0.369 e. The number of nitrogens with two attached hydrogens (primary N) is 2. The molecule has 1 aromatic rings. The molecule has 0 bridgehead atoms. The number of amides is 2. The molecular weight excluding hydrogens is 266 g/mol. The molecule has 1 aromatic carbocycles. The Morgan fingerprint density at radius 3 is 2.52 bits per heavy atom. The van der Waals surface area contributed by atoms with Crippen molar-refractivity contribution in [2.75, 3.05) is 0 Å². The summed E-state index contributed by atoms with van der Waals surface area (Å²) in [7, 11) is 0. The molecule has 3 unspecified atom stereocenters. The Morgan fingerprint density at radius 1 is 1.24 bits per heavy atom. The molecule has 1 aliphatic carbocycles. The molecule has 2 rings (SSSR count). The van der Waals surface area contributed by atoms with Crippen LogP contribution in [0.5, 0.6) is 0 Å². The van der Waals surface area contributed by atoms with Crippen LogP contribution in [0.3, 0.4) is 0 Å². The van der Waals surface area contributed by atoms with E-state index in [9.17, 15) is 9.59 Å². The summed E-state index contributed by atoms with van der Waals surface area (Å²) in [5, 5.41) is 2.94. The van der Waals surface area contributed by atoms with E-state index in [0.29, 0.717) is 6.42 Å². The first-order valence-electron chi connectivity index (χ1n) is 7.39. The molecule has 0 aromatic heterocycles. The summed E-state index contributed by atoms with van der Waals surface area (Å²) < 4.78 is 0. The third-order valence-corrected chi connectivity index (χ3v) is 4.14. The van der Waals surface area contributed by atoms with E-state index in [1.807, 2.05) is 31.2 Å². The minimum absolute atomic E-state index is 0.0137. The van der Waals surface area contributed by atoms with E-state index in [1.165, 1.54) is 0 Å². The maximum atomic E-state index is 12.2. The van der Waals surface area contributed by atoms with Crippen LogP contribution in [-0.4, -0.2) is 17.9 Å². The molecule has 0 aliphatic heterocycles. The summed E-state index contributed by atoms with van der Waals surface area (Å²) >= 11 is 0. The van der Waals surface area contributed by atoms with Gasteiger partial charge in [0.15, 0.2) is 0 Å². The average Bonchev–Trinajstić information content (AvgIpc) is 2.47. The van der Waals surface area contributed by atoms with Crippen LogP contribution in [0.1, 0.15) is 42.9 Å². The van der Waals surface area contributed by atoms with Crippen LogP contribution in [0.2, 0.25) is 0 Å². The van der Waals surface area contributed by atoms with Crippen LogP contribution in [0.25, 0.3) is 0 Å². The molecule has 0 spiro atoms. The Morgan fingerprint density at radius 2 is 1.90 bits per heavy atom. The van der Waals surface area contributed by atoms with Gasteiger partial charge in [0.2, 0.25) is 11.8 Å². The summed E-state index contributed by atoms with van der Waals surface area (Å²) in [6.45, 7) is 1.99. The highest BCUT2D eigenvalue weighted by Crippen LogP contribution is 2.24. The quantitative estimate of drug-likeness (QED) is 0.775. The van der Waals surface area contributed by atoms with Gasteiger partial charge in [0.25, 0.3) is 0 Å². The molecule has 2 amide bonds. The van der Waals surface area contributed by atoms with E-state index >= 15 is 0 Å². The SMILES string of the molecule is Cc1ccc(C(N)C(=O)NC2CCCC(C(N)=O)C2)cc1. The molecule has 0 saturated heterocycles. The van der Waals surface area contributed by atoms with Crippen LogP contribution in [0, 0.1) is 12.8 Å². The monoisotopic (exact) mass is 289 g/mol. The minimum atomic E-state index is -0.681. The van der Waals surface area contributed by atoms with E-state index in [0.717, 1.165) is 30.4 Å². The van der Waals surface area contributed by atoms with Gasteiger partial charge in [-0.3, -0.25) is 9.59 Å². The highest BCUT2D eigenvalue weighted by atomic mass is 16.2. The first-order valence-corrected chi connectivity index (χ1v) is 7.39. The Bertz CT molecular complexity index is 513. The van der Waals surface area contributed by atoms with Crippen LogP contribution in [0.4, 0.5) is 0 Å². The number of nitrogens with one attached hydrogen (secondary N) is 1. The molecule has 5 heteroatoms. The number of primary amides is 1. The van der Waals surface area contributed by atoms with Crippen molar-refractivity contribution in [3.05, 3.63) is 35.4 Å². The summed E-state index contributed by atoms with van der Waals surface area (Å²) in [5.41, 5.74) is 13.3. The smallest absolute Gasteiger partial charge is 0.241 e. The van der Waals surface area contributed by atoms with Gasteiger partial charge in [-0.15, -0.1) is 0 Å². The summed E-state index contributed by atoms with van der Waals surface area (Å²) in [6.07, 6.45) is 3.20. The van der Waals surface area contributed by atoms with Crippen LogP contribution in [-0.2, 0) is 9.59 Å². The summed E-state index contributed by atoms with van der Waals surface area (Å²) in [6, 6.07) is 6.91. The Kier molecular flexibility index (Phi) is 4.96. The van der Waals surface area contributed by atoms with E-state index in [1.54, 1.807) is 0 Å². The van der Waals surface area contributed by atoms with E-state index in [-0.39, 0.29) is 23.8 Å². The van der Waals surface area contributed by atoms with Crippen LogP contribution < -0.4 is 16.8 Å². The zero-order valence-electron chi connectivity index (χ0n) is 12.3. The van der Waals surface area contributed by atoms with Crippen molar-refractivity contribution in [2.24, 2.45) is 17.4 Å². The van der Waals surface area contributed by atoms with Crippen molar-refractivity contribution in [3.8, 4) is 0 Å². The lowest BCUT2D eigenvalue weighted by Crippen LogP contribution is -2.44. The third-order valence-electron chi connectivity index (χ3n) is 4.14. The van der Waals surface area contributed by atoms with E-state index in [4.69, 9.17) is 11.5 Å². The molecule has 1 aliphatic rings. The second-order valence-electron chi connectivity index (χ2n) is 5.86. The molecule has 21 heavy (non-hydrogen) atoms. The van der Waals surface area contributed by atoms with Gasteiger partial charge in [0.05, 0.1) is 0 Å². The van der Waals surface area contributed by atoms with Gasteiger partial charge in [0.1, 0.15) is 6.04 Å². The number of carbonyl (C=O) groups excluding carboxylic acids is 2. The Labute approximate surface area is 125 Å². The van der Waals surface area contributed by atoms with Crippen LogP contribution in [0.15, 0.2) is 24.3 Å². The number of aryl methyl sites for hydroxylation is 1. The first kappa shape index (κ1) is 15.5. The molecule has 5 nitrogen and oxygen atoms in total. The third kappa shape index (κ3) is 4.04. The maximum Gasteiger partial charge on any atom is 0.241 e. The fourth-order valence-corrected chi connectivity index (χ4v) is 2.80. The van der Waals surface area contributed by atoms with Crippen molar-refractivity contribution in [2.45, 2.75) is 44.7 Å². The average molecular weight is 289 g/mol. The fourth-order valence-electron chi connectivity index (χ4n) is 2.80. The predicted molar refractivity (Wildman–Crippen MR) is 81.2 cm³/mol. The standard InChI is InChI=1S/C16H23N3O2/c1-10-5-7-11(8-6-10)14(17)16(21)19-13-4-2-3-12(9-13)15(18)20/h5-8,12-14H,2-4,9,17H2,1H3,(H2,18,20)(H,19,21). The molecule has 5 N–H and O–H groups in total. The number of benzene rings is 1. The van der Waals surface area contributed by atoms with Gasteiger partial charge < -0.3 is 16.8 Å². The van der Waals surface area contributed by atoms with Crippen molar-refractivity contribution in [1.29, 1.82) is 0 Å². The first-order chi connectivity index (χ1) is 9.97. The molecular formula is C16H23N3O2. The Balaban J connectivity index is 1.94. The number of hydrogen-bond donors (Lipinski definition) is 3. The number of hydrogen-bond acceptors (Lipinski definition) is 3. The van der Waals surface area contributed by atoms with Gasteiger partial charge in [-0.1, -0.05) is 36.2 Å². The topological polar surface area (TPSA) is 98.2 Å². The van der Waals surface area contributed by atoms with Gasteiger partial charge in [0, 0.05) is 12.0 Å². The summed E-state index contributed by atoms with van der Waals surface area (Å²) in [5.74, 6) is -0.620. The number of carbonyl (C=O) groups is 2. The van der Waals surface area contributed by atoms with Crippen molar-refractivity contribution in [3.63, 3.8) is 0 Å². The fraction of sp³-hybridized carbons (Fsp3) is 0.500. The Hall–Kier alpha value is -1.88. The maximum absolute atomic E-state index is 12.2. The van der Waals surface area contributed by atoms with Gasteiger partial charge >= 0.3 is 0 Å². The summed E-state index contributed by atoms with van der Waals surface area (Å²) in [4.78, 5) is 23.5.